The maximum absolute atomic E-state index is 15.4. The van der Waals surface area contributed by atoms with E-state index >= 15 is 4.79 Å². The summed E-state index contributed by atoms with van der Waals surface area (Å²) in [6.07, 6.45) is 8.06. The first-order chi connectivity index (χ1) is 27.9. The molecule has 2 amide bonds. The molecule has 1 aromatic heterocycles. The second-order valence-electron chi connectivity index (χ2n) is 16.8. The number of ether oxygens (including phenoxy) is 3. The number of cyclic esters (lactones) is 1. The van der Waals surface area contributed by atoms with E-state index in [0.717, 1.165) is 35.4 Å². The highest BCUT2D eigenvalue weighted by Gasteiger charge is 2.66. The molecule has 1 spiro atoms. The Hall–Kier alpha value is -5.04. The van der Waals surface area contributed by atoms with Crippen LogP contribution in [0.1, 0.15) is 69.7 Å². The number of rotatable bonds is 15. The zero-order valence-corrected chi connectivity index (χ0v) is 35.9. The standard InChI is InChI=1S/C46H57N5O6Si/c1-31(2)12-11-13-32(3)22-25-51-41-21-16-35(50-26-27-56-45(50)54)28-39(41)46(44(51)53)33(4)43(58(6,7)37-19-17-36(55-5)18-20-37)42(57-46)23-24-49-29-40(47-48-49)38(30-52)34-14-9-8-10-15-34/h8-10,12,14-22,28-29,33,38,42-43,52H,11,13,23-27,30H2,1-7H3/b32-22+/t33-,38?,42+,43-,46+/m0/s1. The Morgan fingerprint density at radius 3 is 2.48 bits per heavy atom. The van der Waals surface area contributed by atoms with E-state index in [1.165, 1.54) is 16.3 Å². The van der Waals surface area contributed by atoms with Gasteiger partial charge in [0.25, 0.3) is 5.91 Å². The molecule has 7 rings (SSSR count). The van der Waals surface area contributed by atoms with Crippen molar-refractivity contribution >= 4 is 36.6 Å². The van der Waals surface area contributed by atoms with Crippen LogP contribution in [0.2, 0.25) is 18.6 Å². The van der Waals surface area contributed by atoms with Gasteiger partial charge in [-0.2, -0.15) is 0 Å². The zero-order chi connectivity index (χ0) is 41.2. The number of aromatic nitrogens is 3. The Kier molecular flexibility index (Phi) is 12.1. The average molecular weight is 804 g/mol. The lowest BCUT2D eigenvalue weighted by atomic mass is 9.82. The van der Waals surface area contributed by atoms with Crippen molar-refractivity contribution in [2.75, 3.05) is 43.2 Å². The fourth-order valence-electron chi connectivity index (χ4n) is 9.38. The second kappa shape index (κ2) is 17.0. The average Bonchev–Trinajstić information content (AvgIpc) is 3.99. The molecule has 3 aliphatic rings. The van der Waals surface area contributed by atoms with Crippen LogP contribution in [-0.2, 0) is 26.4 Å². The molecule has 11 nitrogen and oxygen atoms in total. The van der Waals surface area contributed by atoms with E-state index in [0.29, 0.717) is 44.0 Å². The summed E-state index contributed by atoms with van der Waals surface area (Å²) in [5.74, 6) is 0.210. The summed E-state index contributed by atoms with van der Waals surface area (Å²) in [5.41, 5.74) is 5.20. The Bertz CT molecular complexity index is 2160. The highest BCUT2D eigenvalue weighted by molar-refractivity contribution is 6.91. The molecule has 0 bridgehead atoms. The lowest BCUT2D eigenvalue weighted by Gasteiger charge is -2.37. The Labute approximate surface area is 343 Å². The number of benzene rings is 3. The normalized spacial score (nSPS) is 22.4. The van der Waals surface area contributed by atoms with Crippen molar-refractivity contribution in [2.24, 2.45) is 5.92 Å². The van der Waals surface area contributed by atoms with E-state index in [1.54, 1.807) is 12.0 Å². The Balaban J connectivity index is 1.27. The minimum Gasteiger partial charge on any atom is -0.497 e. The van der Waals surface area contributed by atoms with Crippen LogP contribution in [0.3, 0.4) is 0 Å². The molecule has 2 fully saturated rings. The zero-order valence-electron chi connectivity index (χ0n) is 34.9. The topological polar surface area (TPSA) is 119 Å². The monoisotopic (exact) mass is 803 g/mol. The predicted molar refractivity (Wildman–Crippen MR) is 229 cm³/mol. The summed E-state index contributed by atoms with van der Waals surface area (Å²) in [7, 11) is -0.744. The van der Waals surface area contributed by atoms with Crippen molar-refractivity contribution in [3.63, 3.8) is 0 Å². The molecule has 306 valence electrons. The van der Waals surface area contributed by atoms with Gasteiger partial charge in [-0.25, -0.2) is 4.79 Å². The van der Waals surface area contributed by atoms with Gasteiger partial charge >= 0.3 is 6.09 Å². The molecule has 1 N–H and O–H groups in total. The number of aliphatic hydroxyl groups excluding tert-OH is 1. The fourth-order valence-corrected chi connectivity index (χ4v) is 13.4. The van der Waals surface area contributed by atoms with Crippen LogP contribution in [0.5, 0.6) is 5.75 Å². The second-order valence-corrected chi connectivity index (χ2v) is 21.4. The van der Waals surface area contributed by atoms with Crippen LogP contribution in [0, 0.1) is 5.92 Å². The maximum atomic E-state index is 15.4. The van der Waals surface area contributed by atoms with Crippen LogP contribution in [0.15, 0.2) is 102 Å². The summed E-state index contributed by atoms with van der Waals surface area (Å²) in [6, 6.07) is 24.1. The van der Waals surface area contributed by atoms with E-state index in [1.807, 2.05) is 76.4 Å². The minimum atomic E-state index is -2.42. The van der Waals surface area contributed by atoms with Crippen molar-refractivity contribution in [1.82, 2.24) is 15.0 Å². The van der Waals surface area contributed by atoms with E-state index in [-0.39, 0.29) is 36.0 Å². The highest BCUT2D eigenvalue weighted by atomic mass is 28.3. The SMILES string of the molecule is COc1ccc([Si](C)(C)[C@@H]2[C@@H](CCn3cc(C(CO)c4ccccc4)nn3)O[C@]3(C(=O)N(C/C=C(\C)CCC=C(C)C)c4ccc(N5CCOC5=O)cc43)[C@H]2C)cc1. The molecule has 58 heavy (non-hydrogen) atoms. The number of aliphatic hydroxyl groups is 1. The molecular formula is C46H57N5O6Si. The third-order valence-electron chi connectivity index (χ3n) is 12.5. The number of amides is 2. The number of aryl methyl sites for hydroxylation is 1. The van der Waals surface area contributed by atoms with E-state index in [9.17, 15) is 9.90 Å². The maximum Gasteiger partial charge on any atom is 0.414 e. The number of nitrogens with zero attached hydrogens (tertiary/aromatic N) is 5. The lowest BCUT2D eigenvalue weighted by molar-refractivity contribution is -0.145. The molecule has 1 unspecified atom stereocenters. The molecule has 0 aliphatic carbocycles. The number of carbonyl (C=O) groups excluding carboxylic acids is 2. The van der Waals surface area contributed by atoms with Gasteiger partial charge in [0.1, 0.15) is 12.4 Å². The molecule has 0 radical (unpaired) electrons. The third-order valence-corrected chi connectivity index (χ3v) is 16.9. The van der Waals surface area contributed by atoms with Crippen LogP contribution in [-0.4, -0.2) is 79.7 Å². The molecule has 3 aromatic carbocycles. The number of anilines is 2. The van der Waals surface area contributed by atoms with Crippen LogP contribution in [0.4, 0.5) is 16.2 Å². The quantitative estimate of drug-likeness (QED) is 0.0960. The first-order valence-electron chi connectivity index (χ1n) is 20.5. The summed E-state index contributed by atoms with van der Waals surface area (Å²) in [4.78, 5) is 31.7. The molecule has 5 atom stereocenters. The first kappa shape index (κ1) is 41.1. The van der Waals surface area contributed by atoms with Crippen molar-refractivity contribution in [3.05, 3.63) is 119 Å². The van der Waals surface area contributed by atoms with Crippen molar-refractivity contribution in [3.8, 4) is 5.75 Å². The molecule has 4 aromatic rings. The summed E-state index contributed by atoms with van der Waals surface area (Å²) in [6.45, 7) is 14.9. The highest BCUT2D eigenvalue weighted by Crippen LogP contribution is 2.60. The number of hydrogen-bond acceptors (Lipinski definition) is 8. The van der Waals surface area contributed by atoms with Gasteiger partial charge in [-0.3, -0.25) is 14.4 Å². The van der Waals surface area contributed by atoms with E-state index in [2.05, 4.69) is 75.4 Å². The summed E-state index contributed by atoms with van der Waals surface area (Å²) >= 11 is 0. The lowest BCUT2D eigenvalue weighted by Crippen LogP contribution is -2.52. The van der Waals surface area contributed by atoms with Gasteiger partial charge in [0.05, 0.1) is 51.7 Å². The molecular weight excluding hydrogens is 747 g/mol. The van der Waals surface area contributed by atoms with E-state index < -0.39 is 19.8 Å². The smallest absolute Gasteiger partial charge is 0.414 e. The Morgan fingerprint density at radius 2 is 1.81 bits per heavy atom. The molecule has 3 aliphatic heterocycles. The van der Waals surface area contributed by atoms with Crippen LogP contribution in [0.25, 0.3) is 0 Å². The van der Waals surface area contributed by atoms with E-state index in [4.69, 9.17) is 14.2 Å². The van der Waals surface area contributed by atoms with Gasteiger partial charge in [-0.05, 0) is 81.5 Å². The molecule has 0 saturated carbocycles. The van der Waals surface area contributed by atoms with Crippen LogP contribution < -0.4 is 19.7 Å². The number of methoxy groups -OCH3 is 1. The number of carbonyl (C=O) groups is 2. The van der Waals surface area contributed by atoms with Gasteiger partial charge in [0.15, 0.2) is 5.60 Å². The number of fused-ring (bicyclic) bond motifs is 2. The predicted octanol–water partition coefficient (Wildman–Crippen LogP) is 7.71. The van der Waals surface area contributed by atoms with Gasteiger partial charge in [-0.15, -0.1) is 5.10 Å². The van der Waals surface area contributed by atoms with Gasteiger partial charge in [0.2, 0.25) is 0 Å². The first-order valence-corrected chi connectivity index (χ1v) is 23.5. The summed E-state index contributed by atoms with van der Waals surface area (Å²) in [5, 5.41) is 20.6. The Morgan fingerprint density at radius 1 is 1.05 bits per heavy atom. The van der Waals surface area contributed by atoms with Crippen molar-refractivity contribution < 1.29 is 28.9 Å². The fraction of sp³-hybridized carbons (Fsp3) is 0.435. The van der Waals surface area contributed by atoms with Crippen molar-refractivity contribution in [2.45, 2.75) is 89.8 Å². The van der Waals surface area contributed by atoms with Gasteiger partial charge in [0, 0.05) is 36.5 Å². The number of hydrogen-bond donors (Lipinski definition) is 1. The van der Waals surface area contributed by atoms with Crippen molar-refractivity contribution in [1.29, 1.82) is 0 Å². The molecule has 12 heteroatoms. The summed E-state index contributed by atoms with van der Waals surface area (Å²) < 4.78 is 20.1. The van der Waals surface area contributed by atoms with Gasteiger partial charge < -0.3 is 24.2 Å². The largest absolute Gasteiger partial charge is 0.497 e. The third kappa shape index (κ3) is 7.77. The molecule has 2 saturated heterocycles. The number of allylic oxidation sites excluding steroid dienone is 3. The molecule has 4 heterocycles. The minimum absolute atomic E-state index is 0.0110. The van der Waals surface area contributed by atoms with Gasteiger partial charge in [-0.1, -0.05) is 96.2 Å². The van der Waals surface area contributed by atoms with Crippen LogP contribution >= 0.6 is 0 Å².